The van der Waals surface area contributed by atoms with Crippen LogP contribution in [-0.2, 0) is 13.6 Å². The fraction of sp³-hybridized carbons (Fsp3) is 0.529. The fourth-order valence-electron chi connectivity index (χ4n) is 3.15. The topological polar surface area (TPSA) is 73.0 Å². The molecule has 0 unspecified atom stereocenters. The summed E-state index contributed by atoms with van der Waals surface area (Å²) < 4.78 is 3.31. The second-order valence-corrected chi connectivity index (χ2v) is 6.49. The minimum Gasteiger partial charge on any atom is -0.337 e. The standard InChI is InChI=1S/C17H23N5O2/c1-12-13(2)18-11-22(16(12)23)10-14-5-8-21(9-6-14)17(24)15-4-7-19-20(15)3/h4,7,11,14H,5-6,8-10H2,1-3H3. The van der Waals surface area contributed by atoms with Gasteiger partial charge in [0.2, 0.25) is 0 Å². The van der Waals surface area contributed by atoms with E-state index in [0.29, 0.717) is 36.8 Å². The molecule has 128 valence electrons. The van der Waals surface area contributed by atoms with Crippen LogP contribution in [-0.4, -0.2) is 43.2 Å². The number of aryl methyl sites for hydroxylation is 2. The predicted molar refractivity (Wildman–Crippen MR) is 89.8 cm³/mol. The van der Waals surface area contributed by atoms with E-state index in [1.54, 1.807) is 34.9 Å². The fourth-order valence-corrected chi connectivity index (χ4v) is 3.15. The summed E-state index contributed by atoms with van der Waals surface area (Å²) in [6.45, 7) is 5.75. The lowest BCUT2D eigenvalue weighted by Crippen LogP contribution is -2.40. The Hall–Kier alpha value is -2.44. The molecule has 0 aromatic carbocycles. The zero-order chi connectivity index (χ0) is 17.3. The third kappa shape index (κ3) is 3.11. The lowest BCUT2D eigenvalue weighted by Gasteiger charge is -2.32. The first-order valence-corrected chi connectivity index (χ1v) is 8.27. The average molecular weight is 329 g/mol. The number of rotatable bonds is 3. The van der Waals surface area contributed by atoms with Crippen LogP contribution in [0.4, 0.5) is 0 Å². The molecule has 0 atom stereocenters. The number of carbonyl (C=O) groups excluding carboxylic acids is 1. The minimum absolute atomic E-state index is 0.0264. The molecule has 1 saturated heterocycles. The maximum atomic E-state index is 12.5. The van der Waals surface area contributed by atoms with Crippen LogP contribution in [0, 0.1) is 19.8 Å². The van der Waals surface area contributed by atoms with Gasteiger partial charge >= 0.3 is 0 Å². The highest BCUT2D eigenvalue weighted by Crippen LogP contribution is 2.20. The van der Waals surface area contributed by atoms with Gasteiger partial charge in [-0.1, -0.05) is 0 Å². The van der Waals surface area contributed by atoms with E-state index in [1.807, 2.05) is 18.7 Å². The molecule has 24 heavy (non-hydrogen) atoms. The molecular weight excluding hydrogens is 306 g/mol. The molecule has 1 aliphatic heterocycles. The first-order valence-electron chi connectivity index (χ1n) is 8.27. The van der Waals surface area contributed by atoms with Crippen LogP contribution < -0.4 is 5.56 Å². The highest BCUT2D eigenvalue weighted by molar-refractivity contribution is 5.92. The number of hydrogen-bond donors (Lipinski definition) is 0. The number of carbonyl (C=O) groups is 1. The second kappa shape index (κ2) is 6.59. The Labute approximate surface area is 140 Å². The molecule has 0 saturated carbocycles. The number of likely N-dealkylation sites (tertiary alicyclic amines) is 1. The van der Waals surface area contributed by atoms with Gasteiger partial charge in [0, 0.05) is 44.1 Å². The van der Waals surface area contributed by atoms with E-state index in [1.165, 1.54) is 0 Å². The van der Waals surface area contributed by atoms with Gasteiger partial charge < -0.3 is 4.90 Å². The van der Waals surface area contributed by atoms with Crippen LogP contribution in [0.3, 0.4) is 0 Å². The Balaban J connectivity index is 1.62. The lowest BCUT2D eigenvalue weighted by molar-refractivity contribution is 0.0671. The first-order chi connectivity index (χ1) is 11.5. The van der Waals surface area contributed by atoms with Crippen LogP contribution in [0.2, 0.25) is 0 Å². The van der Waals surface area contributed by atoms with Crippen LogP contribution in [0.1, 0.15) is 34.6 Å². The summed E-state index contributed by atoms with van der Waals surface area (Å²) in [5, 5.41) is 4.05. The third-order valence-electron chi connectivity index (χ3n) is 4.91. The summed E-state index contributed by atoms with van der Waals surface area (Å²) in [6, 6.07) is 1.74. The van der Waals surface area contributed by atoms with E-state index in [2.05, 4.69) is 10.1 Å². The van der Waals surface area contributed by atoms with Crippen molar-refractivity contribution in [2.24, 2.45) is 13.0 Å². The lowest BCUT2D eigenvalue weighted by atomic mass is 9.96. The highest BCUT2D eigenvalue weighted by Gasteiger charge is 2.25. The molecule has 3 heterocycles. The number of piperidine rings is 1. The molecule has 0 aliphatic carbocycles. The summed E-state index contributed by atoms with van der Waals surface area (Å²) in [7, 11) is 1.78. The monoisotopic (exact) mass is 329 g/mol. The molecule has 0 spiro atoms. The third-order valence-corrected chi connectivity index (χ3v) is 4.91. The van der Waals surface area contributed by atoms with E-state index >= 15 is 0 Å². The summed E-state index contributed by atoms with van der Waals surface area (Å²) >= 11 is 0. The van der Waals surface area contributed by atoms with Crippen molar-refractivity contribution in [2.45, 2.75) is 33.2 Å². The van der Waals surface area contributed by atoms with Gasteiger partial charge in [-0.3, -0.25) is 18.8 Å². The molecule has 0 radical (unpaired) electrons. The maximum absolute atomic E-state index is 12.5. The molecular formula is C17H23N5O2. The molecule has 0 N–H and O–H groups in total. The zero-order valence-electron chi connectivity index (χ0n) is 14.4. The molecule has 2 aromatic heterocycles. The smallest absolute Gasteiger partial charge is 0.272 e. The predicted octanol–water partition coefficient (Wildman–Crippen LogP) is 1.15. The van der Waals surface area contributed by atoms with Gasteiger partial charge in [0.05, 0.1) is 6.33 Å². The van der Waals surface area contributed by atoms with E-state index in [4.69, 9.17) is 0 Å². The molecule has 1 fully saturated rings. The maximum Gasteiger partial charge on any atom is 0.272 e. The van der Waals surface area contributed by atoms with E-state index in [0.717, 1.165) is 18.5 Å². The van der Waals surface area contributed by atoms with Crippen LogP contribution in [0.25, 0.3) is 0 Å². The largest absolute Gasteiger partial charge is 0.337 e. The molecule has 3 rings (SSSR count). The normalized spacial score (nSPS) is 15.7. The van der Waals surface area contributed by atoms with Gasteiger partial charge in [-0.25, -0.2) is 4.98 Å². The summed E-state index contributed by atoms with van der Waals surface area (Å²) in [5.74, 6) is 0.417. The van der Waals surface area contributed by atoms with Crippen molar-refractivity contribution >= 4 is 5.91 Å². The molecule has 7 heteroatoms. The van der Waals surface area contributed by atoms with Gasteiger partial charge in [0.25, 0.3) is 11.5 Å². The van der Waals surface area contributed by atoms with Crippen molar-refractivity contribution in [3.63, 3.8) is 0 Å². The van der Waals surface area contributed by atoms with Crippen molar-refractivity contribution in [3.05, 3.63) is 45.9 Å². The van der Waals surface area contributed by atoms with Crippen molar-refractivity contribution in [1.82, 2.24) is 24.2 Å². The quantitative estimate of drug-likeness (QED) is 0.847. The SMILES string of the molecule is Cc1ncn(CC2CCN(C(=O)c3ccnn3C)CC2)c(=O)c1C. The van der Waals surface area contributed by atoms with Crippen molar-refractivity contribution in [1.29, 1.82) is 0 Å². The number of amides is 1. The molecule has 1 amide bonds. The summed E-state index contributed by atoms with van der Waals surface area (Å²) in [4.78, 5) is 30.9. The van der Waals surface area contributed by atoms with Crippen LogP contribution in [0.5, 0.6) is 0 Å². The Morgan fingerprint density at radius 2 is 2.00 bits per heavy atom. The van der Waals surface area contributed by atoms with Crippen LogP contribution >= 0.6 is 0 Å². The van der Waals surface area contributed by atoms with Gasteiger partial charge in [-0.05, 0) is 38.7 Å². The summed E-state index contributed by atoms with van der Waals surface area (Å²) in [6.07, 6.45) is 5.06. The Morgan fingerprint density at radius 1 is 1.29 bits per heavy atom. The van der Waals surface area contributed by atoms with Gasteiger partial charge in [0.15, 0.2) is 0 Å². The van der Waals surface area contributed by atoms with Gasteiger partial charge in [-0.2, -0.15) is 5.10 Å². The molecule has 0 bridgehead atoms. The molecule has 2 aromatic rings. The van der Waals surface area contributed by atoms with Crippen LogP contribution in [0.15, 0.2) is 23.4 Å². The Bertz CT molecular complexity index is 800. The Morgan fingerprint density at radius 3 is 2.62 bits per heavy atom. The molecule has 7 nitrogen and oxygen atoms in total. The van der Waals surface area contributed by atoms with E-state index in [-0.39, 0.29) is 11.5 Å². The van der Waals surface area contributed by atoms with E-state index < -0.39 is 0 Å². The average Bonchev–Trinajstić information content (AvgIpc) is 3.01. The van der Waals surface area contributed by atoms with Crippen molar-refractivity contribution < 1.29 is 4.79 Å². The molecule has 1 aliphatic rings. The number of nitrogens with zero attached hydrogens (tertiary/aromatic N) is 5. The Kier molecular flexibility index (Phi) is 4.51. The summed E-state index contributed by atoms with van der Waals surface area (Å²) in [5.41, 5.74) is 2.15. The van der Waals surface area contributed by atoms with Crippen molar-refractivity contribution in [2.75, 3.05) is 13.1 Å². The van der Waals surface area contributed by atoms with Gasteiger partial charge in [0.1, 0.15) is 5.69 Å². The van der Waals surface area contributed by atoms with Crippen molar-refractivity contribution in [3.8, 4) is 0 Å². The number of aromatic nitrogens is 4. The van der Waals surface area contributed by atoms with E-state index in [9.17, 15) is 9.59 Å². The highest BCUT2D eigenvalue weighted by atomic mass is 16.2. The zero-order valence-corrected chi connectivity index (χ0v) is 14.4. The number of hydrogen-bond acceptors (Lipinski definition) is 4. The minimum atomic E-state index is 0.0264. The first kappa shape index (κ1) is 16.4. The second-order valence-electron chi connectivity index (χ2n) is 6.49. The van der Waals surface area contributed by atoms with Gasteiger partial charge in [-0.15, -0.1) is 0 Å².